The van der Waals surface area contributed by atoms with Crippen molar-refractivity contribution >= 4 is 29.4 Å². The monoisotopic (exact) mass is 316 g/mol. The number of hydrogen-bond donors (Lipinski definition) is 2. The Labute approximate surface area is 132 Å². The number of hydrogen-bond acceptors (Lipinski definition) is 4. The normalized spacial score (nSPS) is 10.0. The van der Waals surface area contributed by atoms with Gasteiger partial charge in [0.25, 0.3) is 0 Å². The SMILES string of the molecule is CSc1ccc(COC(=O)c2ccc(NC(N)=O)cc2)cc1. The van der Waals surface area contributed by atoms with E-state index in [9.17, 15) is 9.59 Å². The number of benzene rings is 2. The van der Waals surface area contributed by atoms with E-state index in [-0.39, 0.29) is 6.61 Å². The van der Waals surface area contributed by atoms with Crippen LogP contribution in [-0.4, -0.2) is 18.3 Å². The first-order chi connectivity index (χ1) is 10.6. The molecule has 0 aliphatic rings. The summed E-state index contributed by atoms with van der Waals surface area (Å²) in [5.74, 6) is -0.417. The molecule has 0 saturated heterocycles. The van der Waals surface area contributed by atoms with E-state index in [1.54, 1.807) is 36.0 Å². The molecule has 2 aromatic rings. The first kappa shape index (κ1) is 15.9. The van der Waals surface area contributed by atoms with Crippen molar-refractivity contribution in [1.29, 1.82) is 0 Å². The number of urea groups is 1. The van der Waals surface area contributed by atoms with Gasteiger partial charge in [0.15, 0.2) is 0 Å². The number of anilines is 1. The van der Waals surface area contributed by atoms with Crippen LogP contribution in [0, 0.1) is 0 Å². The fourth-order valence-corrected chi connectivity index (χ4v) is 2.19. The number of rotatable bonds is 5. The van der Waals surface area contributed by atoms with Gasteiger partial charge in [-0.15, -0.1) is 11.8 Å². The summed E-state index contributed by atoms with van der Waals surface area (Å²) in [6.45, 7) is 0.217. The third kappa shape index (κ3) is 4.53. The number of carbonyl (C=O) groups is 2. The minimum absolute atomic E-state index is 0.217. The number of esters is 1. The standard InChI is InChI=1S/C16H16N2O3S/c1-22-14-8-2-11(3-9-14)10-21-15(19)12-4-6-13(7-5-12)18-16(17)20/h2-9H,10H2,1H3,(H3,17,18,20). The van der Waals surface area contributed by atoms with Crippen LogP contribution in [0.1, 0.15) is 15.9 Å². The van der Waals surface area contributed by atoms with E-state index in [0.29, 0.717) is 11.3 Å². The van der Waals surface area contributed by atoms with Crippen molar-refractivity contribution in [2.45, 2.75) is 11.5 Å². The van der Waals surface area contributed by atoms with E-state index in [0.717, 1.165) is 10.5 Å². The average Bonchev–Trinajstić information content (AvgIpc) is 2.53. The van der Waals surface area contributed by atoms with Crippen LogP contribution in [0.25, 0.3) is 0 Å². The van der Waals surface area contributed by atoms with Gasteiger partial charge in [-0.3, -0.25) is 0 Å². The molecule has 3 N–H and O–H groups in total. The Bertz CT molecular complexity index is 654. The van der Waals surface area contributed by atoms with Gasteiger partial charge in [-0.1, -0.05) is 12.1 Å². The van der Waals surface area contributed by atoms with Crippen LogP contribution in [0.3, 0.4) is 0 Å². The van der Waals surface area contributed by atoms with E-state index in [2.05, 4.69) is 5.32 Å². The second-order valence-electron chi connectivity index (χ2n) is 4.49. The van der Waals surface area contributed by atoms with Gasteiger partial charge in [0.05, 0.1) is 5.56 Å². The Hall–Kier alpha value is -2.47. The zero-order valence-electron chi connectivity index (χ0n) is 12.0. The lowest BCUT2D eigenvalue weighted by atomic mass is 10.2. The lowest BCUT2D eigenvalue weighted by Crippen LogP contribution is -2.19. The first-order valence-corrected chi connectivity index (χ1v) is 7.77. The largest absolute Gasteiger partial charge is 0.457 e. The molecule has 2 aromatic carbocycles. The zero-order valence-corrected chi connectivity index (χ0v) is 12.9. The fourth-order valence-electron chi connectivity index (χ4n) is 1.79. The highest BCUT2D eigenvalue weighted by atomic mass is 32.2. The maximum Gasteiger partial charge on any atom is 0.338 e. The molecule has 2 amide bonds. The number of thioether (sulfide) groups is 1. The Balaban J connectivity index is 1.92. The van der Waals surface area contributed by atoms with Gasteiger partial charge in [-0.05, 0) is 48.2 Å². The Kier molecular flexibility index (Phi) is 5.43. The van der Waals surface area contributed by atoms with Crippen LogP contribution in [0.2, 0.25) is 0 Å². The van der Waals surface area contributed by atoms with Gasteiger partial charge >= 0.3 is 12.0 Å². The Morgan fingerprint density at radius 1 is 1.09 bits per heavy atom. The summed E-state index contributed by atoms with van der Waals surface area (Å²) >= 11 is 1.66. The van der Waals surface area contributed by atoms with Crippen LogP contribution in [0.4, 0.5) is 10.5 Å². The van der Waals surface area contributed by atoms with Crippen LogP contribution < -0.4 is 11.1 Å². The van der Waals surface area contributed by atoms with Crippen molar-refractivity contribution in [3.63, 3.8) is 0 Å². The van der Waals surface area contributed by atoms with Crippen molar-refractivity contribution in [1.82, 2.24) is 0 Å². The molecule has 0 aliphatic heterocycles. The molecule has 0 aromatic heterocycles. The lowest BCUT2D eigenvalue weighted by Gasteiger charge is -2.07. The third-order valence-electron chi connectivity index (χ3n) is 2.92. The fraction of sp³-hybridized carbons (Fsp3) is 0.125. The van der Waals surface area contributed by atoms with Gasteiger partial charge in [-0.25, -0.2) is 9.59 Å². The smallest absolute Gasteiger partial charge is 0.338 e. The predicted octanol–water partition coefficient (Wildman–Crippen LogP) is 3.26. The summed E-state index contributed by atoms with van der Waals surface area (Å²) in [6.07, 6.45) is 2.01. The Morgan fingerprint density at radius 3 is 2.27 bits per heavy atom. The lowest BCUT2D eigenvalue weighted by molar-refractivity contribution is 0.0472. The number of carbonyl (C=O) groups excluding carboxylic acids is 2. The molecule has 0 bridgehead atoms. The second kappa shape index (κ2) is 7.51. The highest BCUT2D eigenvalue weighted by Crippen LogP contribution is 2.16. The van der Waals surface area contributed by atoms with Crippen molar-refractivity contribution in [3.8, 4) is 0 Å². The third-order valence-corrected chi connectivity index (χ3v) is 3.66. The molecule has 6 heteroatoms. The van der Waals surface area contributed by atoms with E-state index in [1.807, 2.05) is 30.5 Å². The zero-order chi connectivity index (χ0) is 15.9. The second-order valence-corrected chi connectivity index (χ2v) is 5.37. The minimum Gasteiger partial charge on any atom is -0.457 e. The number of nitrogens with two attached hydrogens (primary N) is 1. The van der Waals surface area contributed by atoms with Crippen molar-refractivity contribution in [2.24, 2.45) is 5.73 Å². The summed E-state index contributed by atoms with van der Waals surface area (Å²) < 4.78 is 5.25. The molecule has 0 saturated carbocycles. The maximum atomic E-state index is 11.9. The Morgan fingerprint density at radius 2 is 1.73 bits per heavy atom. The van der Waals surface area contributed by atoms with E-state index in [1.165, 1.54) is 0 Å². The average molecular weight is 316 g/mol. The topological polar surface area (TPSA) is 81.4 Å². The summed E-state index contributed by atoms with van der Waals surface area (Å²) in [6, 6.07) is 13.5. The number of amides is 2. The molecular weight excluding hydrogens is 300 g/mol. The van der Waals surface area contributed by atoms with E-state index in [4.69, 9.17) is 10.5 Å². The number of ether oxygens (including phenoxy) is 1. The minimum atomic E-state index is -0.649. The van der Waals surface area contributed by atoms with Gasteiger partial charge in [0.2, 0.25) is 0 Å². The molecule has 2 rings (SSSR count). The van der Waals surface area contributed by atoms with E-state index < -0.39 is 12.0 Å². The van der Waals surface area contributed by atoms with E-state index >= 15 is 0 Å². The van der Waals surface area contributed by atoms with Crippen molar-refractivity contribution in [2.75, 3.05) is 11.6 Å². The molecule has 0 radical (unpaired) electrons. The molecule has 0 heterocycles. The molecule has 0 fully saturated rings. The van der Waals surface area contributed by atoms with Gasteiger partial charge in [-0.2, -0.15) is 0 Å². The molecule has 0 spiro atoms. The van der Waals surface area contributed by atoms with Crippen LogP contribution in [0.15, 0.2) is 53.4 Å². The van der Waals surface area contributed by atoms with Gasteiger partial charge in [0.1, 0.15) is 6.61 Å². The molecule has 0 atom stereocenters. The maximum absolute atomic E-state index is 11.9. The predicted molar refractivity (Wildman–Crippen MR) is 87.0 cm³/mol. The van der Waals surface area contributed by atoms with Crippen LogP contribution >= 0.6 is 11.8 Å². The molecular formula is C16H16N2O3S. The molecule has 5 nitrogen and oxygen atoms in total. The summed E-state index contributed by atoms with van der Waals surface area (Å²) in [5.41, 5.74) is 6.88. The highest BCUT2D eigenvalue weighted by Gasteiger charge is 2.07. The molecule has 0 unspecified atom stereocenters. The summed E-state index contributed by atoms with van der Waals surface area (Å²) in [4.78, 5) is 23.8. The van der Waals surface area contributed by atoms with Crippen LogP contribution in [-0.2, 0) is 11.3 Å². The summed E-state index contributed by atoms with van der Waals surface area (Å²) in [5, 5.41) is 2.42. The van der Waals surface area contributed by atoms with Gasteiger partial charge in [0, 0.05) is 10.6 Å². The van der Waals surface area contributed by atoms with Gasteiger partial charge < -0.3 is 15.8 Å². The highest BCUT2D eigenvalue weighted by molar-refractivity contribution is 7.98. The summed E-state index contributed by atoms with van der Waals surface area (Å²) in [7, 11) is 0. The first-order valence-electron chi connectivity index (χ1n) is 6.55. The number of primary amides is 1. The number of nitrogens with one attached hydrogen (secondary N) is 1. The molecule has 114 valence electrons. The van der Waals surface area contributed by atoms with Crippen molar-refractivity contribution < 1.29 is 14.3 Å². The quantitative estimate of drug-likeness (QED) is 0.655. The van der Waals surface area contributed by atoms with Crippen molar-refractivity contribution in [3.05, 3.63) is 59.7 Å². The van der Waals surface area contributed by atoms with Crippen LogP contribution in [0.5, 0.6) is 0 Å². The molecule has 22 heavy (non-hydrogen) atoms. The molecule has 0 aliphatic carbocycles.